The summed E-state index contributed by atoms with van der Waals surface area (Å²) in [4.78, 5) is 13.3. The van der Waals surface area contributed by atoms with Crippen molar-refractivity contribution < 1.29 is 9.90 Å². The summed E-state index contributed by atoms with van der Waals surface area (Å²) in [5.74, 6) is 0.183. The number of nitrogens with one attached hydrogen (secondary N) is 1. The van der Waals surface area contributed by atoms with E-state index in [-0.39, 0.29) is 18.6 Å². The molecule has 1 heterocycles. The van der Waals surface area contributed by atoms with Crippen molar-refractivity contribution in [1.82, 2.24) is 5.32 Å². The minimum absolute atomic E-state index is 0.102. The number of aryl methyl sites for hydroxylation is 1. The van der Waals surface area contributed by atoms with E-state index in [0.717, 1.165) is 18.7 Å². The van der Waals surface area contributed by atoms with Crippen LogP contribution in [0.3, 0.4) is 0 Å². The van der Waals surface area contributed by atoms with Crippen molar-refractivity contribution in [1.29, 1.82) is 0 Å². The van der Waals surface area contributed by atoms with Crippen LogP contribution in [0.25, 0.3) is 0 Å². The number of rotatable bonds is 4. The molecular formula is C14H20N2O2. The fourth-order valence-electron chi connectivity index (χ4n) is 2.18. The van der Waals surface area contributed by atoms with Gasteiger partial charge >= 0.3 is 0 Å². The van der Waals surface area contributed by atoms with Gasteiger partial charge in [0, 0.05) is 31.7 Å². The molecule has 0 aromatic heterocycles. The summed E-state index contributed by atoms with van der Waals surface area (Å²) in [5, 5.41) is 12.2. The molecule has 0 aliphatic carbocycles. The van der Waals surface area contributed by atoms with E-state index in [1.165, 1.54) is 11.1 Å². The Morgan fingerprint density at radius 2 is 2.22 bits per heavy atom. The number of hydrogen-bond acceptors (Lipinski definition) is 3. The number of benzene rings is 1. The number of amides is 1. The maximum absolute atomic E-state index is 11.6. The molecular weight excluding hydrogens is 228 g/mol. The van der Waals surface area contributed by atoms with E-state index in [0.29, 0.717) is 6.42 Å². The lowest BCUT2D eigenvalue weighted by atomic mass is 9.99. The summed E-state index contributed by atoms with van der Waals surface area (Å²) in [6, 6.07) is 6.29. The molecule has 1 aliphatic rings. The number of nitrogens with zero attached hydrogens (tertiary/aromatic N) is 1. The summed E-state index contributed by atoms with van der Waals surface area (Å²) >= 11 is 0. The Bertz CT molecular complexity index is 445. The second kappa shape index (κ2) is 5.50. The van der Waals surface area contributed by atoms with Crippen molar-refractivity contribution in [2.75, 3.05) is 18.6 Å². The summed E-state index contributed by atoms with van der Waals surface area (Å²) in [5.41, 5.74) is 3.44. The Kier molecular flexibility index (Phi) is 3.99. The molecule has 0 spiro atoms. The molecule has 0 radical (unpaired) electrons. The van der Waals surface area contributed by atoms with E-state index < -0.39 is 0 Å². The average molecular weight is 248 g/mol. The van der Waals surface area contributed by atoms with Gasteiger partial charge in [0.15, 0.2) is 0 Å². The third-order valence-corrected chi connectivity index (χ3v) is 3.42. The van der Waals surface area contributed by atoms with Crippen molar-refractivity contribution in [3.05, 3.63) is 29.3 Å². The topological polar surface area (TPSA) is 52.6 Å². The minimum atomic E-state index is 0.102. The summed E-state index contributed by atoms with van der Waals surface area (Å²) in [6.45, 7) is 2.83. The fraction of sp³-hybridized carbons (Fsp3) is 0.500. The van der Waals surface area contributed by atoms with Crippen LogP contribution in [0.1, 0.15) is 24.5 Å². The normalized spacial score (nSPS) is 16.6. The van der Waals surface area contributed by atoms with Crippen molar-refractivity contribution >= 4 is 11.6 Å². The molecule has 1 aliphatic heterocycles. The zero-order valence-electron chi connectivity index (χ0n) is 10.9. The van der Waals surface area contributed by atoms with E-state index >= 15 is 0 Å². The second-order valence-electron chi connectivity index (χ2n) is 4.88. The van der Waals surface area contributed by atoms with Gasteiger partial charge in [-0.1, -0.05) is 12.1 Å². The molecule has 2 rings (SSSR count). The minimum Gasteiger partial charge on any atom is -0.395 e. The first kappa shape index (κ1) is 13.1. The lowest BCUT2D eigenvalue weighted by Gasteiger charge is -2.26. The standard InChI is InChI=1S/C14H20N2O2/c1-10(9-17)15-8-11-3-5-13-12(7-11)4-6-14(18)16(13)2/h3,5,7,10,15,17H,4,6,8-9H2,1-2H3/t10-/m1/s1. The predicted molar refractivity (Wildman–Crippen MR) is 71.6 cm³/mol. The van der Waals surface area contributed by atoms with E-state index in [2.05, 4.69) is 11.4 Å². The molecule has 1 aromatic carbocycles. The number of carbonyl (C=O) groups is 1. The Labute approximate surface area is 108 Å². The fourth-order valence-corrected chi connectivity index (χ4v) is 2.18. The maximum atomic E-state index is 11.6. The molecule has 1 amide bonds. The first-order chi connectivity index (χ1) is 8.61. The largest absolute Gasteiger partial charge is 0.395 e. The van der Waals surface area contributed by atoms with Crippen LogP contribution in [0.4, 0.5) is 5.69 Å². The number of carbonyl (C=O) groups excluding carboxylic acids is 1. The van der Waals surface area contributed by atoms with Gasteiger partial charge in [0.2, 0.25) is 5.91 Å². The molecule has 0 fully saturated rings. The molecule has 98 valence electrons. The molecule has 1 aromatic rings. The summed E-state index contributed by atoms with van der Waals surface area (Å²) in [6.07, 6.45) is 1.41. The summed E-state index contributed by atoms with van der Waals surface area (Å²) in [7, 11) is 1.83. The highest BCUT2D eigenvalue weighted by Crippen LogP contribution is 2.27. The second-order valence-corrected chi connectivity index (χ2v) is 4.88. The highest BCUT2D eigenvalue weighted by Gasteiger charge is 2.20. The van der Waals surface area contributed by atoms with Crippen LogP contribution in [-0.2, 0) is 17.8 Å². The first-order valence-corrected chi connectivity index (χ1v) is 6.34. The number of fused-ring (bicyclic) bond motifs is 1. The van der Waals surface area contributed by atoms with Gasteiger partial charge in [0.05, 0.1) is 6.61 Å². The van der Waals surface area contributed by atoms with Crippen molar-refractivity contribution in [3.8, 4) is 0 Å². The van der Waals surface area contributed by atoms with Crippen LogP contribution in [0, 0.1) is 0 Å². The quantitative estimate of drug-likeness (QED) is 0.838. The van der Waals surface area contributed by atoms with Gasteiger partial charge in [0.1, 0.15) is 0 Å². The van der Waals surface area contributed by atoms with Gasteiger partial charge in [-0.05, 0) is 30.5 Å². The van der Waals surface area contributed by atoms with E-state index in [1.807, 2.05) is 26.1 Å². The molecule has 1 atom stereocenters. The van der Waals surface area contributed by atoms with Crippen LogP contribution >= 0.6 is 0 Å². The van der Waals surface area contributed by atoms with Crippen molar-refractivity contribution in [3.63, 3.8) is 0 Å². The lowest BCUT2D eigenvalue weighted by Crippen LogP contribution is -2.31. The Hall–Kier alpha value is -1.39. The molecule has 2 N–H and O–H groups in total. The zero-order valence-corrected chi connectivity index (χ0v) is 10.9. The van der Waals surface area contributed by atoms with Crippen LogP contribution in [0.15, 0.2) is 18.2 Å². The SMILES string of the molecule is C[C@H](CO)NCc1ccc2c(c1)CCC(=O)N2C. The first-order valence-electron chi connectivity index (χ1n) is 6.34. The number of anilines is 1. The highest BCUT2D eigenvalue weighted by molar-refractivity contribution is 5.95. The zero-order chi connectivity index (χ0) is 13.1. The maximum Gasteiger partial charge on any atom is 0.227 e. The van der Waals surface area contributed by atoms with Gasteiger partial charge in [-0.15, -0.1) is 0 Å². The molecule has 0 unspecified atom stereocenters. The predicted octanol–water partition coefficient (Wildman–Crippen LogP) is 1.07. The third kappa shape index (κ3) is 2.71. The monoisotopic (exact) mass is 248 g/mol. The molecule has 0 saturated heterocycles. The van der Waals surface area contributed by atoms with Gasteiger partial charge in [-0.2, -0.15) is 0 Å². The molecule has 0 bridgehead atoms. The third-order valence-electron chi connectivity index (χ3n) is 3.42. The Balaban J connectivity index is 2.10. The molecule has 0 saturated carbocycles. The van der Waals surface area contributed by atoms with Gasteiger partial charge < -0.3 is 15.3 Å². The van der Waals surface area contributed by atoms with Crippen molar-refractivity contribution in [2.24, 2.45) is 0 Å². The van der Waals surface area contributed by atoms with E-state index in [4.69, 9.17) is 5.11 Å². The Morgan fingerprint density at radius 3 is 2.94 bits per heavy atom. The summed E-state index contributed by atoms with van der Waals surface area (Å²) < 4.78 is 0. The molecule has 4 heteroatoms. The Morgan fingerprint density at radius 1 is 1.44 bits per heavy atom. The average Bonchev–Trinajstić information content (AvgIpc) is 2.40. The highest BCUT2D eigenvalue weighted by atomic mass is 16.3. The van der Waals surface area contributed by atoms with E-state index in [1.54, 1.807) is 4.90 Å². The smallest absolute Gasteiger partial charge is 0.227 e. The van der Waals surface area contributed by atoms with Crippen LogP contribution in [0.2, 0.25) is 0 Å². The van der Waals surface area contributed by atoms with Crippen LogP contribution in [-0.4, -0.2) is 30.7 Å². The van der Waals surface area contributed by atoms with Crippen LogP contribution in [0.5, 0.6) is 0 Å². The lowest BCUT2D eigenvalue weighted by molar-refractivity contribution is -0.118. The number of aliphatic hydroxyl groups is 1. The molecule has 4 nitrogen and oxygen atoms in total. The van der Waals surface area contributed by atoms with Gasteiger partial charge in [-0.3, -0.25) is 4.79 Å². The van der Waals surface area contributed by atoms with Gasteiger partial charge in [0.25, 0.3) is 0 Å². The van der Waals surface area contributed by atoms with E-state index in [9.17, 15) is 4.79 Å². The van der Waals surface area contributed by atoms with Crippen LogP contribution < -0.4 is 10.2 Å². The van der Waals surface area contributed by atoms with Crippen molar-refractivity contribution in [2.45, 2.75) is 32.4 Å². The number of hydrogen-bond donors (Lipinski definition) is 2. The molecule has 18 heavy (non-hydrogen) atoms. The van der Waals surface area contributed by atoms with Gasteiger partial charge in [-0.25, -0.2) is 0 Å². The number of aliphatic hydroxyl groups excluding tert-OH is 1.